The van der Waals surface area contributed by atoms with Gasteiger partial charge >= 0.3 is 0 Å². The summed E-state index contributed by atoms with van der Waals surface area (Å²) in [5, 5.41) is 0.714. The highest BCUT2D eigenvalue weighted by atomic mass is 32.2. The quantitative estimate of drug-likeness (QED) is 0.519. The Hall–Kier alpha value is -3.33. The maximum atomic E-state index is 14.8. The van der Waals surface area contributed by atoms with Crippen molar-refractivity contribution in [2.75, 3.05) is 11.0 Å². The summed E-state index contributed by atoms with van der Waals surface area (Å²) in [4.78, 5) is 11.5. The summed E-state index contributed by atoms with van der Waals surface area (Å²) in [5.41, 5.74) is 2.38. The lowest BCUT2D eigenvalue weighted by Crippen LogP contribution is -2.12. The molecule has 29 heavy (non-hydrogen) atoms. The fourth-order valence-corrected chi connectivity index (χ4v) is 3.68. The Balaban J connectivity index is 1.76. The molecule has 0 unspecified atom stereocenters. The van der Waals surface area contributed by atoms with E-state index in [1.807, 2.05) is 18.2 Å². The minimum absolute atomic E-state index is 0.0743. The van der Waals surface area contributed by atoms with Crippen LogP contribution in [0.15, 0.2) is 55.1 Å². The standard InChI is InChI=1S/C20H16F2N4O2S/c1-29(27,28)26-18-5-4-17(21)16(19(18)22)8-14-11-25-20-15(14)7-13(10-24-20)12-3-2-6-23-9-12/h2-7,9-11,26H,8H2,1H3,(H,24,25). The van der Waals surface area contributed by atoms with Gasteiger partial charge in [0.2, 0.25) is 10.0 Å². The van der Waals surface area contributed by atoms with E-state index in [0.717, 1.165) is 29.5 Å². The first-order valence-electron chi connectivity index (χ1n) is 8.63. The Morgan fingerprint density at radius 2 is 1.97 bits per heavy atom. The third-order valence-corrected chi connectivity index (χ3v) is 5.05. The summed E-state index contributed by atoms with van der Waals surface area (Å²) >= 11 is 0. The number of nitrogens with zero attached hydrogens (tertiary/aromatic N) is 2. The van der Waals surface area contributed by atoms with Crippen LogP contribution in [-0.2, 0) is 16.4 Å². The number of sulfonamides is 1. The van der Waals surface area contributed by atoms with Crippen LogP contribution in [0.4, 0.5) is 14.5 Å². The average molecular weight is 414 g/mol. The van der Waals surface area contributed by atoms with Crippen molar-refractivity contribution in [3.8, 4) is 11.1 Å². The predicted molar refractivity (Wildman–Crippen MR) is 107 cm³/mol. The van der Waals surface area contributed by atoms with Crippen molar-refractivity contribution in [1.29, 1.82) is 0 Å². The first-order valence-corrected chi connectivity index (χ1v) is 10.5. The van der Waals surface area contributed by atoms with Crippen LogP contribution in [-0.4, -0.2) is 29.6 Å². The first-order chi connectivity index (χ1) is 13.8. The largest absolute Gasteiger partial charge is 0.346 e. The summed E-state index contributed by atoms with van der Waals surface area (Å²) in [6, 6.07) is 7.68. The van der Waals surface area contributed by atoms with Crippen LogP contribution in [0.5, 0.6) is 0 Å². The second-order valence-corrected chi connectivity index (χ2v) is 8.36. The molecule has 3 heterocycles. The average Bonchev–Trinajstić information content (AvgIpc) is 3.09. The highest BCUT2D eigenvalue weighted by molar-refractivity contribution is 7.92. The normalized spacial score (nSPS) is 11.7. The van der Waals surface area contributed by atoms with Crippen LogP contribution in [0, 0.1) is 11.6 Å². The third kappa shape index (κ3) is 3.95. The zero-order valence-corrected chi connectivity index (χ0v) is 16.1. The van der Waals surface area contributed by atoms with E-state index in [1.165, 1.54) is 0 Å². The van der Waals surface area contributed by atoms with Gasteiger partial charge in [0.1, 0.15) is 11.5 Å². The van der Waals surface area contributed by atoms with Crippen LogP contribution in [0.2, 0.25) is 0 Å². The van der Waals surface area contributed by atoms with Crippen LogP contribution < -0.4 is 4.72 Å². The van der Waals surface area contributed by atoms with Gasteiger partial charge in [-0.25, -0.2) is 22.2 Å². The lowest BCUT2D eigenvalue weighted by Gasteiger charge is -2.10. The van der Waals surface area contributed by atoms with Crippen molar-refractivity contribution in [2.24, 2.45) is 0 Å². The zero-order valence-electron chi connectivity index (χ0n) is 15.3. The summed E-state index contributed by atoms with van der Waals surface area (Å²) in [6.07, 6.45) is 7.53. The molecule has 0 atom stereocenters. The fourth-order valence-electron chi connectivity index (χ4n) is 3.12. The molecule has 0 fully saturated rings. The van der Waals surface area contributed by atoms with E-state index in [2.05, 4.69) is 19.7 Å². The molecule has 4 rings (SSSR count). The fraction of sp³-hybridized carbons (Fsp3) is 0.100. The lowest BCUT2D eigenvalue weighted by molar-refractivity contribution is 0.563. The van der Waals surface area contributed by atoms with Crippen LogP contribution in [0.1, 0.15) is 11.1 Å². The maximum Gasteiger partial charge on any atom is 0.229 e. The van der Waals surface area contributed by atoms with E-state index in [0.29, 0.717) is 16.6 Å². The van der Waals surface area contributed by atoms with Gasteiger partial charge in [-0.05, 0) is 29.8 Å². The van der Waals surface area contributed by atoms with Gasteiger partial charge in [0.05, 0.1) is 11.9 Å². The molecule has 4 aromatic rings. The number of fused-ring (bicyclic) bond motifs is 1. The van der Waals surface area contributed by atoms with Gasteiger partial charge in [-0.2, -0.15) is 0 Å². The van der Waals surface area contributed by atoms with Gasteiger partial charge in [0, 0.05) is 53.3 Å². The summed E-state index contributed by atoms with van der Waals surface area (Å²) in [7, 11) is -3.70. The molecule has 6 nitrogen and oxygen atoms in total. The number of hydrogen-bond donors (Lipinski definition) is 2. The minimum atomic E-state index is -3.70. The number of pyridine rings is 2. The molecule has 0 radical (unpaired) electrons. The Labute approximate surface area is 165 Å². The van der Waals surface area contributed by atoms with Gasteiger partial charge < -0.3 is 4.98 Å². The van der Waals surface area contributed by atoms with Crippen LogP contribution >= 0.6 is 0 Å². The van der Waals surface area contributed by atoms with E-state index >= 15 is 0 Å². The zero-order chi connectivity index (χ0) is 20.6. The Bertz CT molecular complexity index is 1310. The van der Waals surface area contributed by atoms with E-state index in [4.69, 9.17) is 0 Å². The van der Waals surface area contributed by atoms with Gasteiger partial charge in [-0.15, -0.1) is 0 Å². The topological polar surface area (TPSA) is 87.7 Å². The number of halogens is 2. The molecule has 2 N–H and O–H groups in total. The second kappa shape index (κ2) is 7.25. The number of H-pyrrole nitrogens is 1. The number of anilines is 1. The first kappa shape index (κ1) is 19.0. The van der Waals surface area contributed by atoms with Crippen molar-refractivity contribution in [3.05, 3.63) is 77.9 Å². The van der Waals surface area contributed by atoms with Crippen molar-refractivity contribution < 1.29 is 17.2 Å². The number of hydrogen-bond acceptors (Lipinski definition) is 4. The van der Waals surface area contributed by atoms with Crippen LogP contribution in [0.3, 0.4) is 0 Å². The Morgan fingerprint density at radius 1 is 1.14 bits per heavy atom. The number of aromatic nitrogens is 3. The summed E-state index contributed by atoms with van der Waals surface area (Å²) in [5.74, 6) is -1.70. The van der Waals surface area contributed by atoms with Crippen molar-refractivity contribution in [3.63, 3.8) is 0 Å². The summed E-state index contributed by atoms with van der Waals surface area (Å²) in [6.45, 7) is 0. The predicted octanol–water partition coefficient (Wildman–Crippen LogP) is 3.87. The van der Waals surface area contributed by atoms with Crippen molar-refractivity contribution >= 4 is 26.7 Å². The molecular formula is C20H16F2N4O2S. The van der Waals surface area contributed by atoms with Gasteiger partial charge in [-0.1, -0.05) is 6.07 Å². The Morgan fingerprint density at radius 3 is 2.69 bits per heavy atom. The van der Waals surface area contributed by atoms with E-state index in [1.54, 1.807) is 24.8 Å². The molecule has 3 aromatic heterocycles. The molecule has 1 aromatic carbocycles. The van der Waals surface area contributed by atoms with Crippen molar-refractivity contribution in [1.82, 2.24) is 15.0 Å². The molecule has 0 aliphatic rings. The smallest absolute Gasteiger partial charge is 0.229 e. The minimum Gasteiger partial charge on any atom is -0.346 e. The number of aromatic amines is 1. The Kier molecular flexibility index (Phi) is 4.75. The van der Waals surface area contributed by atoms with Gasteiger partial charge in [0.15, 0.2) is 5.82 Å². The molecular weight excluding hydrogens is 398 g/mol. The highest BCUT2D eigenvalue weighted by Gasteiger charge is 2.18. The SMILES string of the molecule is CS(=O)(=O)Nc1ccc(F)c(Cc2c[nH]c3ncc(-c4cccnc4)cc23)c1F. The van der Waals surface area contributed by atoms with E-state index in [9.17, 15) is 17.2 Å². The number of rotatable bonds is 5. The van der Waals surface area contributed by atoms with E-state index in [-0.39, 0.29) is 17.7 Å². The molecule has 0 aliphatic carbocycles. The van der Waals surface area contributed by atoms with Gasteiger partial charge in [0.25, 0.3) is 0 Å². The molecule has 9 heteroatoms. The van der Waals surface area contributed by atoms with Gasteiger partial charge in [-0.3, -0.25) is 9.71 Å². The molecule has 0 bridgehead atoms. The molecule has 0 saturated carbocycles. The third-order valence-electron chi connectivity index (χ3n) is 4.46. The molecule has 0 aliphatic heterocycles. The monoisotopic (exact) mass is 414 g/mol. The van der Waals surface area contributed by atoms with Crippen molar-refractivity contribution in [2.45, 2.75) is 6.42 Å². The molecule has 148 valence electrons. The number of benzene rings is 1. The van der Waals surface area contributed by atoms with E-state index < -0.39 is 21.7 Å². The summed E-state index contributed by atoms with van der Waals surface area (Å²) < 4.78 is 54.1. The lowest BCUT2D eigenvalue weighted by atomic mass is 10.0. The molecule has 0 spiro atoms. The maximum absolute atomic E-state index is 14.8. The molecule has 0 amide bonds. The number of nitrogens with one attached hydrogen (secondary N) is 2. The highest BCUT2D eigenvalue weighted by Crippen LogP contribution is 2.29. The second-order valence-electron chi connectivity index (χ2n) is 6.61. The van der Waals surface area contributed by atoms with Crippen LogP contribution in [0.25, 0.3) is 22.2 Å². The molecule has 0 saturated heterocycles.